The van der Waals surface area contributed by atoms with Crippen LogP contribution in [0.15, 0.2) is 34.5 Å². The first-order valence-electron chi connectivity index (χ1n) is 9.73. The third-order valence-corrected chi connectivity index (χ3v) is 4.59. The highest BCUT2D eigenvalue weighted by atomic mass is 16.5. The fourth-order valence-corrected chi connectivity index (χ4v) is 2.89. The molecule has 2 aromatic rings. The molecule has 1 fully saturated rings. The Labute approximate surface area is 171 Å². The summed E-state index contributed by atoms with van der Waals surface area (Å²) in [7, 11) is 3.82. The van der Waals surface area contributed by atoms with E-state index < -0.39 is 0 Å². The maximum absolute atomic E-state index is 6.01. The number of nitrogens with two attached hydrogens (primary N) is 1. The summed E-state index contributed by atoms with van der Waals surface area (Å²) in [5.41, 5.74) is 8.79. The second-order valence-electron chi connectivity index (χ2n) is 7.17. The summed E-state index contributed by atoms with van der Waals surface area (Å²) in [6, 6.07) is 7.95. The van der Waals surface area contributed by atoms with Crippen molar-refractivity contribution in [2.45, 2.75) is 13.5 Å². The van der Waals surface area contributed by atoms with Crippen molar-refractivity contribution in [1.82, 2.24) is 14.9 Å². The highest BCUT2D eigenvalue weighted by molar-refractivity contribution is 5.48. The van der Waals surface area contributed by atoms with Crippen molar-refractivity contribution in [3.63, 3.8) is 0 Å². The van der Waals surface area contributed by atoms with Crippen molar-refractivity contribution in [3.05, 3.63) is 35.4 Å². The van der Waals surface area contributed by atoms with Crippen molar-refractivity contribution < 1.29 is 9.47 Å². The van der Waals surface area contributed by atoms with Crippen molar-refractivity contribution in [1.29, 1.82) is 0 Å². The molecular weight excluding hydrogens is 370 g/mol. The van der Waals surface area contributed by atoms with Crippen molar-refractivity contribution >= 4 is 17.3 Å². The van der Waals surface area contributed by atoms with Crippen LogP contribution >= 0.6 is 0 Å². The summed E-state index contributed by atoms with van der Waals surface area (Å²) in [5.74, 6) is 1.17. The number of ether oxygens (including phenoxy) is 2. The van der Waals surface area contributed by atoms with Gasteiger partial charge in [-0.2, -0.15) is 15.1 Å². The van der Waals surface area contributed by atoms with Crippen LogP contribution in [0.4, 0.5) is 17.3 Å². The number of anilines is 2. The van der Waals surface area contributed by atoms with Gasteiger partial charge in [-0.15, -0.1) is 5.11 Å². The van der Waals surface area contributed by atoms with E-state index in [2.05, 4.69) is 25.1 Å². The molecule has 2 heterocycles. The predicted octanol–water partition coefficient (Wildman–Crippen LogP) is 2.43. The van der Waals surface area contributed by atoms with Gasteiger partial charge in [0, 0.05) is 45.5 Å². The van der Waals surface area contributed by atoms with E-state index >= 15 is 0 Å². The molecule has 29 heavy (non-hydrogen) atoms. The molecular formula is C20H29N7O2. The summed E-state index contributed by atoms with van der Waals surface area (Å²) in [6.45, 7) is 7.10. The highest BCUT2D eigenvalue weighted by Gasteiger charge is 2.12. The van der Waals surface area contributed by atoms with Crippen LogP contribution in [0, 0.1) is 6.92 Å². The number of rotatable bonds is 8. The van der Waals surface area contributed by atoms with Crippen LogP contribution in [0.2, 0.25) is 0 Å². The first kappa shape index (κ1) is 20.9. The first-order chi connectivity index (χ1) is 14.0. The van der Waals surface area contributed by atoms with Gasteiger partial charge in [0.05, 0.1) is 19.8 Å². The molecule has 0 aliphatic carbocycles. The largest absolute Gasteiger partial charge is 0.462 e. The van der Waals surface area contributed by atoms with Gasteiger partial charge in [0.15, 0.2) is 5.82 Å². The molecule has 0 spiro atoms. The molecule has 1 aliphatic rings. The summed E-state index contributed by atoms with van der Waals surface area (Å²) in [4.78, 5) is 13.0. The number of aryl methyl sites for hydroxylation is 1. The van der Waals surface area contributed by atoms with Gasteiger partial charge in [-0.3, -0.25) is 4.90 Å². The topological polar surface area (TPSA) is 101 Å². The van der Waals surface area contributed by atoms with E-state index in [-0.39, 0.29) is 0 Å². The molecule has 156 valence electrons. The maximum atomic E-state index is 6.01. The molecule has 1 aromatic heterocycles. The minimum atomic E-state index is 0.300. The van der Waals surface area contributed by atoms with Crippen molar-refractivity contribution in [3.8, 4) is 6.01 Å². The van der Waals surface area contributed by atoms with Crippen LogP contribution < -0.4 is 15.4 Å². The number of aromatic nitrogens is 2. The fourth-order valence-electron chi connectivity index (χ4n) is 2.89. The van der Waals surface area contributed by atoms with Gasteiger partial charge < -0.3 is 20.1 Å². The average Bonchev–Trinajstić information content (AvgIpc) is 2.71. The maximum Gasteiger partial charge on any atom is 0.320 e. The molecule has 0 amide bonds. The molecule has 9 heteroatoms. The molecule has 2 N–H and O–H groups in total. The van der Waals surface area contributed by atoms with Crippen LogP contribution in [0.1, 0.15) is 11.1 Å². The standard InChI is InChI=1S/C20H29N7O2/c1-15-4-5-17(21)16(12-15)14-22-25-18-13-19(26(2)3)24-20(23-18)29-11-8-27-6-9-28-10-7-27/h4-5,12-13H,6-11,14,21H2,1-3H3. The van der Waals surface area contributed by atoms with E-state index in [1.807, 2.05) is 44.1 Å². The quantitative estimate of drug-likeness (QED) is 0.537. The fraction of sp³-hybridized carbons (Fsp3) is 0.500. The Hall–Kier alpha value is -2.78. The zero-order valence-electron chi connectivity index (χ0n) is 17.3. The Bertz CT molecular complexity index is 836. The SMILES string of the molecule is Cc1ccc(N)c(CN=Nc2cc(N(C)C)nc(OCCN3CCOCC3)n2)c1. The normalized spacial score (nSPS) is 15.0. The number of azo groups is 1. The number of nitrogen functional groups attached to an aromatic ring is 1. The lowest BCUT2D eigenvalue weighted by molar-refractivity contribution is 0.0317. The molecule has 9 nitrogen and oxygen atoms in total. The van der Waals surface area contributed by atoms with Crippen LogP contribution in [-0.2, 0) is 11.3 Å². The number of nitrogens with zero attached hydrogens (tertiary/aromatic N) is 6. The summed E-state index contributed by atoms with van der Waals surface area (Å²) < 4.78 is 11.1. The molecule has 0 unspecified atom stereocenters. The molecule has 1 aliphatic heterocycles. The Balaban J connectivity index is 1.64. The van der Waals surface area contributed by atoms with Crippen LogP contribution in [0.25, 0.3) is 0 Å². The zero-order chi connectivity index (χ0) is 20.6. The van der Waals surface area contributed by atoms with Crippen LogP contribution in [-0.4, -0.2) is 68.4 Å². The van der Waals surface area contributed by atoms with Crippen LogP contribution in [0.5, 0.6) is 6.01 Å². The summed E-state index contributed by atoms with van der Waals surface area (Å²) in [6.07, 6.45) is 0. The van der Waals surface area contributed by atoms with Gasteiger partial charge in [-0.05, 0) is 18.6 Å². The van der Waals surface area contributed by atoms with E-state index in [1.54, 1.807) is 6.07 Å². The molecule has 0 saturated carbocycles. The van der Waals surface area contributed by atoms with Gasteiger partial charge in [0.1, 0.15) is 12.4 Å². The van der Waals surface area contributed by atoms with E-state index in [9.17, 15) is 0 Å². The number of morpholine rings is 1. The van der Waals surface area contributed by atoms with E-state index in [1.165, 1.54) is 0 Å². The molecule has 1 aromatic carbocycles. The number of benzene rings is 1. The first-order valence-corrected chi connectivity index (χ1v) is 9.73. The number of hydrogen-bond acceptors (Lipinski definition) is 9. The van der Waals surface area contributed by atoms with Crippen molar-refractivity contribution in [2.24, 2.45) is 10.2 Å². The van der Waals surface area contributed by atoms with E-state index in [0.29, 0.717) is 36.5 Å². The van der Waals surface area contributed by atoms with Gasteiger partial charge in [-0.25, -0.2) is 0 Å². The minimum Gasteiger partial charge on any atom is -0.462 e. The lowest BCUT2D eigenvalue weighted by Gasteiger charge is -2.26. The lowest BCUT2D eigenvalue weighted by Crippen LogP contribution is -2.38. The van der Waals surface area contributed by atoms with Crippen molar-refractivity contribution in [2.75, 3.05) is 64.2 Å². The van der Waals surface area contributed by atoms with Crippen LogP contribution in [0.3, 0.4) is 0 Å². The molecule has 0 atom stereocenters. The monoisotopic (exact) mass is 399 g/mol. The third-order valence-electron chi connectivity index (χ3n) is 4.59. The molecule has 3 rings (SSSR count). The zero-order valence-corrected chi connectivity index (χ0v) is 17.3. The van der Waals surface area contributed by atoms with Gasteiger partial charge in [0.25, 0.3) is 0 Å². The third kappa shape index (κ3) is 6.37. The Morgan fingerprint density at radius 1 is 1.21 bits per heavy atom. The number of hydrogen-bond donors (Lipinski definition) is 1. The average molecular weight is 399 g/mol. The molecule has 0 radical (unpaired) electrons. The smallest absolute Gasteiger partial charge is 0.320 e. The minimum absolute atomic E-state index is 0.300. The van der Waals surface area contributed by atoms with Gasteiger partial charge >= 0.3 is 6.01 Å². The molecule has 0 bridgehead atoms. The van der Waals surface area contributed by atoms with E-state index in [4.69, 9.17) is 15.2 Å². The van der Waals surface area contributed by atoms with Gasteiger partial charge in [-0.1, -0.05) is 17.7 Å². The Morgan fingerprint density at radius 2 is 2.00 bits per heavy atom. The highest BCUT2D eigenvalue weighted by Crippen LogP contribution is 2.21. The van der Waals surface area contributed by atoms with Gasteiger partial charge in [0.2, 0.25) is 0 Å². The van der Waals surface area contributed by atoms with E-state index in [0.717, 1.165) is 44.0 Å². The summed E-state index contributed by atoms with van der Waals surface area (Å²) in [5, 5.41) is 8.53. The second-order valence-corrected chi connectivity index (χ2v) is 7.17. The Kier molecular flexibility index (Phi) is 7.31. The summed E-state index contributed by atoms with van der Waals surface area (Å²) >= 11 is 0. The second kappa shape index (κ2) is 10.1. The molecule has 1 saturated heterocycles. The predicted molar refractivity (Wildman–Crippen MR) is 113 cm³/mol. The Morgan fingerprint density at radius 3 is 2.76 bits per heavy atom. The lowest BCUT2D eigenvalue weighted by atomic mass is 10.1.